The molecule has 1 N–H and O–H groups in total. The summed E-state index contributed by atoms with van der Waals surface area (Å²) < 4.78 is 16.6. The zero-order valence-corrected chi connectivity index (χ0v) is 11.8. The van der Waals surface area contributed by atoms with Crippen molar-refractivity contribution in [2.75, 3.05) is 0 Å². The van der Waals surface area contributed by atoms with Crippen LogP contribution < -0.4 is 0 Å². The van der Waals surface area contributed by atoms with Crippen molar-refractivity contribution in [3.63, 3.8) is 0 Å². The lowest BCUT2D eigenvalue weighted by atomic mass is 9.53. The first-order chi connectivity index (χ1) is 9.79. The van der Waals surface area contributed by atoms with Crippen molar-refractivity contribution in [3.8, 4) is 0 Å². The van der Waals surface area contributed by atoms with Crippen molar-refractivity contribution in [3.05, 3.63) is 12.2 Å². The molecule has 5 fully saturated rings. The Labute approximate surface area is 121 Å². The van der Waals surface area contributed by atoms with Crippen LogP contribution in [0.2, 0.25) is 0 Å². The van der Waals surface area contributed by atoms with Gasteiger partial charge in [-0.3, -0.25) is 4.79 Å². The Morgan fingerprint density at radius 1 is 1.38 bits per heavy atom. The molecule has 2 bridgehead atoms. The summed E-state index contributed by atoms with van der Waals surface area (Å²) in [5.74, 6) is -1.86. The molecule has 1 spiro atoms. The van der Waals surface area contributed by atoms with Crippen LogP contribution in [-0.4, -0.2) is 46.6 Å². The molecule has 5 aliphatic rings. The Morgan fingerprint density at radius 3 is 2.76 bits per heavy atom. The molecule has 3 saturated heterocycles. The number of esters is 2. The van der Waals surface area contributed by atoms with Crippen molar-refractivity contribution in [1.82, 2.24) is 0 Å². The lowest BCUT2D eigenvalue weighted by molar-refractivity contribution is -0.195. The maximum absolute atomic E-state index is 12.3. The van der Waals surface area contributed by atoms with Crippen LogP contribution >= 0.6 is 0 Å². The van der Waals surface area contributed by atoms with Gasteiger partial charge in [-0.25, -0.2) is 4.79 Å². The maximum Gasteiger partial charge on any atom is 0.342 e. The van der Waals surface area contributed by atoms with Crippen molar-refractivity contribution >= 4 is 11.9 Å². The Bertz CT molecular complexity index is 642. The highest BCUT2D eigenvalue weighted by Crippen LogP contribution is 2.76. The number of rotatable bonds is 1. The molecule has 6 heteroatoms. The van der Waals surface area contributed by atoms with Crippen molar-refractivity contribution in [1.29, 1.82) is 0 Å². The molecule has 5 rings (SSSR count). The molecular formula is C15H16O6. The lowest BCUT2D eigenvalue weighted by Crippen LogP contribution is -2.66. The van der Waals surface area contributed by atoms with Crippen LogP contribution in [0, 0.1) is 17.3 Å². The van der Waals surface area contributed by atoms with E-state index in [0.717, 1.165) is 5.57 Å². The number of hydrogen-bond donors (Lipinski definition) is 1. The smallest absolute Gasteiger partial charge is 0.342 e. The Morgan fingerprint density at radius 2 is 2.10 bits per heavy atom. The zero-order chi connectivity index (χ0) is 14.9. The van der Waals surface area contributed by atoms with Crippen LogP contribution in [0.1, 0.15) is 20.3 Å². The van der Waals surface area contributed by atoms with Gasteiger partial charge < -0.3 is 19.3 Å². The minimum absolute atomic E-state index is 0.269. The van der Waals surface area contributed by atoms with E-state index in [2.05, 4.69) is 6.58 Å². The summed E-state index contributed by atoms with van der Waals surface area (Å²) in [7, 11) is 0. The summed E-state index contributed by atoms with van der Waals surface area (Å²) in [4.78, 5) is 24.7. The van der Waals surface area contributed by atoms with E-state index in [1.807, 2.05) is 6.92 Å². The van der Waals surface area contributed by atoms with Gasteiger partial charge >= 0.3 is 11.9 Å². The minimum atomic E-state index is -1.35. The van der Waals surface area contributed by atoms with E-state index in [1.165, 1.54) is 0 Å². The minimum Gasteiger partial charge on any atom is -0.457 e. The number of epoxide rings is 1. The van der Waals surface area contributed by atoms with Crippen LogP contribution in [0.15, 0.2) is 12.2 Å². The highest BCUT2D eigenvalue weighted by Gasteiger charge is 2.95. The van der Waals surface area contributed by atoms with Crippen LogP contribution in [0.3, 0.4) is 0 Å². The van der Waals surface area contributed by atoms with Gasteiger partial charge in [-0.1, -0.05) is 12.2 Å². The molecule has 2 aliphatic carbocycles. The SMILES string of the molecule is C=C(C)[C@@H]1[C@@H]2OC(=O)[C@H]1[C@@]1(O)C[C@H]3O[C@]34C(=O)O[C@H]2[C@@]41C. The summed E-state index contributed by atoms with van der Waals surface area (Å²) in [6.45, 7) is 7.55. The molecular weight excluding hydrogens is 276 g/mol. The molecule has 112 valence electrons. The van der Waals surface area contributed by atoms with Gasteiger partial charge in [0, 0.05) is 12.3 Å². The first-order valence-electron chi connectivity index (χ1n) is 7.26. The summed E-state index contributed by atoms with van der Waals surface area (Å²) in [6, 6.07) is 0. The van der Waals surface area contributed by atoms with Gasteiger partial charge in [-0.05, 0) is 13.8 Å². The van der Waals surface area contributed by atoms with Crippen molar-refractivity contribution in [2.45, 2.75) is 49.8 Å². The average Bonchev–Trinajstić information content (AvgIpc) is 2.86. The summed E-state index contributed by atoms with van der Waals surface area (Å²) in [5, 5.41) is 11.4. The molecule has 0 aromatic carbocycles. The Hall–Kier alpha value is -1.40. The monoisotopic (exact) mass is 292 g/mol. The second-order valence-electron chi connectivity index (χ2n) is 7.25. The first kappa shape index (κ1) is 12.2. The van der Waals surface area contributed by atoms with Gasteiger partial charge in [-0.15, -0.1) is 0 Å². The molecule has 0 unspecified atom stereocenters. The van der Waals surface area contributed by atoms with Gasteiger partial charge in [0.25, 0.3) is 0 Å². The van der Waals surface area contributed by atoms with E-state index >= 15 is 0 Å². The van der Waals surface area contributed by atoms with Gasteiger partial charge in [0.05, 0.1) is 16.9 Å². The van der Waals surface area contributed by atoms with E-state index in [0.29, 0.717) is 0 Å². The van der Waals surface area contributed by atoms with Crippen molar-refractivity contribution < 1.29 is 28.9 Å². The van der Waals surface area contributed by atoms with Crippen LogP contribution in [0.4, 0.5) is 0 Å². The highest BCUT2D eigenvalue weighted by atomic mass is 16.7. The fourth-order valence-electron chi connectivity index (χ4n) is 5.59. The van der Waals surface area contributed by atoms with E-state index in [4.69, 9.17) is 14.2 Å². The quantitative estimate of drug-likeness (QED) is 0.414. The van der Waals surface area contributed by atoms with Crippen LogP contribution in [-0.2, 0) is 23.8 Å². The van der Waals surface area contributed by atoms with Crippen LogP contribution in [0.25, 0.3) is 0 Å². The largest absolute Gasteiger partial charge is 0.457 e. The Balaban J connectivity index is 1.78. The standard InChI is InChI=1S/C15H16O6/c1-5(2)7-8-11(16)19-9(7)10-13(3)14(8,18)4-6-15(13,21-6)12(17)20-10/h6-10,18H,1,4H2,2-3H3/t6-,7+,8+,9+,10-,13-,14+,15+/m1/s1. The summed E-state index contributed by atoms with van der Waals surface area (Å²) in [6.07, 6.45) is -1.34. The number of carbonyl (C=O) groups excluding carboxylic acids is 2. The molecule has 0 aromatic heterocycles. The van der Waals surface area contributed by atoms with Gasteiger partial charge in [-0.2, -0.15) is 0 Å². The van der Waals surface area contributed by atoms with E-state index in [9.17, 15) is 14.7 Å². The molecule has 0 amide bonds. The molecule has 0 radical (unpaired) electrons. The van der Waals surface area contributed by atoms with Gasteiger partial charge in [0.1, 0.15) is 12.2 Å². The number of ether oxygens (including phenoxy) is 3. The van der Waals surface area contributed by atoms with E-state index in [1.54, 1.807) is 6.92 Å². The van der Waals surface area contributed by atoms with E-state index in [-0.39, 0.29) is 18.4 Å². The molecule has 0 aromatic rings. The van der Waals surface area contributed by atoms with Gasteiger partial charge in [0.2, 0.25) is 5.60 Å². The second-order valence-corrected chi connectivity index (χ2v) is 7.25. The number of carbonyl (C=O) groups is 2. The topological polar surface area (TPSA) is 85.4 Å². The first-order valence-corrected chi connectivity index (χ1v) is 7.26. The third kappa shape index (κ3) is 0.874. The fourth-order valence-corrected chi connectivity index (χ4v) is 5.59. The molecule has 8 atom stereocenters. The maximum atomic E-state index is 12.3. The average molecular weight is 292 g/mol. The fraction of sp³-hybridized carbons (Fsp3) is 0.733. The summed E-state index contributed by atoms with van der Waals surface area (Å²) in [5.41, 5.74) is -2.60. The van der Waals surface area contributed by atoms with Crippen LogP contribution in [0.5, 0.6) is 0 Å². The zero-order valence-electron chi connectivity index (χ0n) is 11.8. The Kier molecular flexibility index (Phi) is 1.68. The molecule has 6 nitrogen and oxygen atoms in total. The summed E-state index contributed by atoms with van der Waals surface area (Å²) >= 11 is 0. The van der Waals surface area contributed by atoms with Crippen molar-refractivity contribution in [2.24, 2.45) is 17.3 Å². The lowest BCUT2D eigenvalue weighted by Gasteiger charge is -2.51. The highest BCUT2D eigenvalue weighted by molar-refractivity contribution is 5.91. The molecule has 21 heavy (non-hydrogen) atoms. The van der Waals surface area contributed by atoms with E-state index < -0.39 is 46.7 Å². The molecule has 3 aliphatic heterocycles. The third-order valence-corrected chi connectivity index (χ3v) is 6.60. The molecule has 3 heterocycles. The molecule has 2 saturated carbocycles. The normalized spacial score (nSPS) is 62.0. The predicted octanol–water partition coefficient (Wildman–Crippen LogP) is -0.0620. The van der Waals surface area contributed by atoms with Gasteiger partial charge in [0.15, 0.2) is 6.10 Å². The second kappa shape index (κ2) is 2.90. The number of aliphatic hydroxyl groups is 1. The number of fused-ring (bicyclic) bond motifs is 4. The third-order valence-electron chi connectivity index (χ3n) is 6.60. The number of hydrogen-bond acceptors (Lipinski definition) is 6. The predicted molar refractivity (Wildman–Crippen MR) is 66.8 cm³/mol.